The van der Waals surface area contributed by atoms with Gasteiger partial charge in [-0.3, -0.25) is 9.59 Å². The van der Waals surface area contributed by atoms with Crippen molar-refractivity contribution in [3.63, 3.8) is 0 Å². The predicted molar refractivity (Wildman–Crippen MR) is 85.0 cm³/mol. The maximum absolute atomic E-state index is 12.1. The highest BCUT2D eigenvalue weighted by Gasteiger charge is 2.19. The van der Waals surface area contributed by atoms with Crippen molar-refractivity contribution in [2.45, 2.75) is 45.4 Å². The van der Waals surface area contributed by atoms with Gasteiger partial charge in [0.1, 0.15) is 0 Å². The van der Waals surface area contributed by atoms with E-state index in [1.54, 1.807) is 0 Å². The van der Waals surface area contributed by atoms with Crippen LogP contribution < -0.4 is 4.72 Å². The lowest BCUT2D eigenvalue weighted by molar-refractivity contribution is -0.120. The first-order chi connectivity index (χ1) is 10.1. The standard InChI is InChI=1S/C16H23NO4S/c1-11(2)9-12(3)10-16(19)17-22(20,21)15-7-5-14(6-8-15)13(4)18/h5-8,11-12H,9-10H2,1-4H3,(H,17,19)/t12-/m0/s1. The van der Waals surface area contributed by atoms with E-state index in [1.165, 1.54) is 31.2 Å². The van der Waals surface area contributed by atoms with Crippen LogP contribution in [0, 0.1) is 11.8 Å². The fraction of sp³-hybridized carbons (Fsp3) is 0.500. The number of hydrogen-bond donors (Lipinski definition) is 1. The monoisotopic (exact) mass is 325 g/mol. The van der Waals surface area contributed by atoms with Crippen LogP contribution in [0.25, 0.3) is 0 Å². The minimum absolute atomic E-state index is 0.0256. The molecule has 0 saturated carbocycles. The third-order valence-electron chi connectivity index (χ3n) is 3.23. The molecule has 0 aromatic heterocycles. The van der Waals surface area contributed by atoms with Crippen LogP contribution in [0.2, 0.25) is 0 Å². The first-order valence-corrected chi connectivity index (χ1v) is 8.76. The van der Waals surface area contributed by atoms with Crippen LogP contribution in [0.4, 0.5) is 0 Å². The molecule has 1 amide bonds. The van der Waals surface area contributed by atoms with Gasteiger partial charge in [0.15, 0.2) is 5.78 Å². The Hall–Kier alpha value is -1.69. The summed E-state index contributed by atoms with van der Waals surface area (Å²) in [6.07, 6.45) is 1.03. The second-order valence-corrected chi connectivity index (χ2v) is 7.73. The Morgan fingerprint density at radius 1 is 1.09 bits per heavy atom. The molecule has 0 aliphatic heterocycles. The number of sulfonamides is 1. The quantitative estimate of drug-likeness (QED) is 0.782. The van der Waals surface area contributed by atoms with Gasteiger partial charge in [-0.1, -0.05) is 32.9 Å². The molecule has 1 aromatic carbocycles. The minimum atomic E-state index is -3.89. The fourth-order valence-corrected chi connectivity index (χ4v) is 3.32. The van der Waals surface area contributed by atoms with Gasteiger partial charge in [-0.15, -0.1) is 0 Å². The molecule has 0 unspecified atom stereocenters. The lowest BCUT2D eigenvalue weighted by Gasteiger charge is -2.14. The van der Waals surface area contributed by atoms with Gasteiger partial charge >= 0.3 is 0 Å². The summed E-state index contributed by atoms with van der Waals surface area (Å²) in [6, 6.07) is 5.51. The number of amides is 1. The molecule has 6 heteroatoms. The fourth-order valence-electron chi connectivity index (χ4n) is 2.32. The maximum Gasteiger partial charge on any atom is 0.264 e. The van der Waals surface area contributed by atoms with E-state index in [9.17, 15) is 18.0 Å². The molecule has 1 aromatic rings. The van der Waals surface area contributed by atoms with Crippen molar-refractivity contribution in [3.05, 3.63) is 29.8 Å². The lowest BCUT2D eigenvalue weighted by atomic mass is 9.96. The van der Waals surface area contributed by atoms with Gasteiger partial charge in [0.2, 0.25) is 5.91 Å². The van der Waals surface area contributed by atoms with E-state index in [-0.39, 0.29) is 23.0 Å². The molecule has 0 bridgehead atoms. The van der Waals surface area contributed by atoms with Crippen molar-refractivity contribution in [2.75, 3.05) is 0 Å². The predicted octanol–water partition coefficient (Wildman–Crippen LogP) is 2.77. The van der Waals surface area contributed by atoms with Gasteiger partial charge < -0.3 is 0 Å². The number of benzene rings is 1. The third kappa shape index (κ3) is 5.60. The molecular formula is C16H23NO4S. The van der Waals surface area contributed by atoms with Crippen molar-refractivity contribution >= 4 is 21.7 Å². The van der Waals surface area contributed by atoms with Gasteiger partial charge in [0.05, 0.1) is 4.90 Å². The van der Waals surface area contributed by atoms with Crippen LogP contribution in [-0.2, 0) is 14.8 Å². The summed E-state index contributed by atoms with van der Waals surface area (Å²) in [4.78, 5) is 23.0. The summed E-state index contributed by atoms with van der Waals surface area (Å²) in [7, 11) is -3.89. The Balaban J connectivity index is 2.74. The number of rotatable bonds is 7. The van der Waals surface area contributed by atoms with Gasteiger partial charge in [-0.05, 0) is 37.3 Å². The SMILES string of the molecule is CC(=O)c1ccc(S(=O)(=O)NC(=O)C[C@@H](C)CC(C)C)cc1. The Morgan fingerprint density at radius 3 is 2.09 bits per heavy atom. The molecule has 0 spiro atoms. The van der Waals surface area contributed by atoms with Gasteiger partial charge in [0.25, 0.3) is 10.0 Å². The molecule has 1 rings (SSSR count). The molecule has 0 aliphatic carbocycles. The van der Waals surface area contributed by atoms with Gasteiger partial charge in [-0.25, -0.2) is 13.1 Å². The van der Waals surface area contributed by atoms with E-state index in [4.69, 9.17) is 0 Å². The van der Waals surface area contributed by atoms with Crippen LogP contribution in [0.1, 0.15) is 50.9 Å². The molecule has 122 valence electrons. The Labute approximate surface area is 132 Å². The molecule has 0 heterocycles. The highest BCUT2D eigenvalue weighted by atomic mass is 32.2. The minimum Gasteiger partial charge on any atom is -0.295 e. The number of hydrogen-bond acceptors (Lipinski definition) is 4. The molecule has 0 fully saturated rings. The first-order valence-electron chi connectivity index (χ1n) is 7.28. The average molecular weight is 325 g/mol. The van der Waals surface area contributed by atoms with Crippen LogP contribution in [0.3, 0.4) is 0 Å². The van der Waals surface area contributed by atoms with E-state index < -0.39 is 15.9 Å². The number of nitrogens with one attached hydrogen (secondary N) is 1. The molecule has 0 saturated heterocycles. The van der Waals surface area contributed by atoms with E-state index in [2.05, 4.69) is 18.6 Å². The van der Waals surface area contributed by atoms with Crippen molar-refractivity contribution in [1.82, 2.24) is 4.72 Å². The Morgan fingerprint density at radius 2 is 1.64 bits per heavy atom. The van der Waals surface area contributed by atoms with Crippen LogP contribution in [0.5, 0.6) is 0 Å². The van der Waals surface area contributed by atoms with Crippen molar-refractivity contribution in [3.8, 4) is 0 Å². The average Bonchev–Trinajstić information content (AvgIpc) is 2.36. The molecule has 22 heavy (non-hydrogen) atoms. The Bertz CT molecular complexity index is 633. The second kappa shape index (κ2) is 7.54. The summed E-state index contributed by atoms with van der Waals surface area (Å²) in [5.41, 5.74) is 0.427. The number of carbonyl (C=O) groups excluding carboxylic acids is 2. The third-order valence-corrected chi connectivity index (χ3v) is 4.62. The summed E-state index contributed by atoms with van der Waals surface area (Å²) >= 11 is 0. The smallest absolute Gasteiger partial charge is 0.264 e. The number of Topliss-reactive ketones (excluding diaryl/α,β-unsaturated/α-hetero) is 1. The normalized spacial score (nSPS) is 13.0. The summed E-state index contributed by atoms with van der Waals surface area (Å²) in [5.74, 6) is -0.0758. The van der Waals surface area contributed by atoms with Gasteiger partial charge in [-0.2, -0.15) is 0 Å². The molecule has 1 atom stereocenters. The highest BCUT2D eigenvalue weighted by Crippen LogP contribution is 2.16. The zero-order valence-electron chi connectivity index (χ0n) is 13.4. The van der Waals surface area contributed by atoms with Crippen molar-refractivity contribution in [1.29, 1.82) is 0 Å². The summed E-state index contributed by atoms with van der Waals surface area (Å²) in [5, 5.41) is 0. The molecule has 1 N–H and O–H groups in total. The topological polar surface area (TPSA) is 80.3 Å². The number of carbonyl (C=O) groups is 2. The zero-order valence-corrected chi connectivity index (χ0v) is 14.2. The van der Waals surface area contributed by atoms with Crippen molar-refractivity contribution in [2.24, 2.45) is 11.8 Å². The molecule has 5 nitrogen and oxygen atoms in total. The number of ketones is 1. The largest absolute Gasteiger partial charge is 0.295 e. The molecule has 0 radical (unpaired) electrons. The first kappa shape index (κ1) is 18.4. The van der Waals surface area contributed by atoms with E-state index >= 15 is 0 Å². The van der Waals surface area contributed by atoms with Crippen molar-refractivity contribution < 1.29 is 18.0 Å². The van der Waals surface area contributed by atoms with E-state index in [0.29, 0.717) is 11.5 Å². The second-order valence-electron chi connectivity index (χ2n) is 6.05. The molecule has 0 aliphatic rings. The summed E-state index contributed by atoms with van der Waals surface area (Å²) in [6.45, 7) is 7.44. The lowest BCUT2D eigenvalue weighted by Crippen LogP contribution is -2.31. The summed E-state index contributed by atoms with van der Waals surface area (Å²) < 4.78 is 26.3. The maximum atomic E-state index is 12.1. The van der Waals surface area contributed by atoms with Crippen LogP contribution in [0.15, 0.2) is 29.2 Å². The van der Waals surface area contributed by atoms with E-state index in [1.807, 2.05) is 6.92 Å². The Kier molecular flexibility index (Phi) is 6.29. The van der Waals surface area contributed by atoms with Gasteiger partial charge in [0, 0.05) is 12.0 Å². The zero-order chi connectivity index (χ0) is 16.9. The highest BCUT2D eigenvalue weighted by molar-refractivity contribution is 7.90. The molecular weight excluding hydrogens is 302 g/mol. The van der Waals surface area contributed by atoms with Crippen LogP contribution in [-0.4, -0.2) is 20.1 Å². The van der Waals surface area contributed by atoms with E-state index in [0.717, 1.165) is 6.42 Å². The van der Waals surface area contributed by atoms with Crippen LogP contribution >= 0.6 is 0 Å².